The Balaban J connectivity index is 1.27. The van der Waals surface area contributed by atoms with Crippen molar-refractivity contribution in [3.63, 3.8) is 0 Å². The van der Waals surface area contributed by atoms with E-state index in [-0.39, 0.29) is 5.91 Å². The molecule has 1 aliphatic heterocycles. The van der Waals surface area contributed by atoms with Gasteiger partial charge in [-0.2, -0.15) is 0 Å². The fourth-order valence-corrected chi connectivity index (χ4v) is 4.98. The zero-order chi connectivity index (χ0) is 20.5. The SMILES string of the molecule is COc1ccccc1-c1csc(C2CCN(C(=O)c3cn4ccccc4n3)CC2)n1. The van der Waals surface area contributed by atoms with Crippen LogP contribution in [0.3, 0.4) is 0 Å². The predicted octanol–water partition coefficient (Wildman–Crippen LogP) is 4.49. The molecule has 0 aliphatic carbocycles. The van der Waals surface area contributed by atoms with Gasteiger partial charge in [-0.3, -0.25) is 4.79 Å². The number of hydrogen-bond acceptors (Lipinski definition) is 5. The summed E-state index contributed by atoms with van der Waals surface area (Å²) in [6.45, 7) is 1.45. The molecule has 7 heteroatoms. The number of piperidine rings is 1. The normalized spacial score (nSPS) is 14.9. The molecule has 30 heavy (non-hydrogen) atoms. The Morgan fingerprint density at radius 1 is 1.10 bits per heavy atom. The lowest BCUT2D eigenvalue weighted by Gasteiger charge is -2.30. The monoisotopic (exact) mass is 418 g/mol. The molecule has 0 saturated carbocycles. The second kappa shape index (κ2) is 7.91. The molecule has 4 heterocycles. The van der Waals surface area contributed by atoms with E-state index < -0.39 is 0 Å². The van der Waals surface area contributed by atoms with Gasteiger partial charge in [-0.1, -0.05) is 18.2 Å². The highest BCUT2D eigenvalue weighted by Crippen LogP contribution is 2.35. The van der Waals surface area contributed by atoms with Gasteiger partial charge in [-0.25, -0.2) is 9.97 Å². The van der Waals surface area contributed by atoms with E-state index >= 15 is 0 Å². The molecular weight excluding hydrogens is 396 g/mol. The highest BCUT2D eigenvalue weighted by atomic mass is 32.1. The van der Waals surface area contributed by atoms with Gasteiger partial charge in [0.05, 0.1) is 17.8 Å². The summed E-state index contributed by atoms with van der Waals surface area (Å²) in [6.07, 6.45) is 5.55. The Labute approximate surface area is 178 Å². The number of imidazole rings is 1. The summed E-state index contributed by atoms with van der Waals surface area (Å²) < 4.78 is 7.36. The molecule has 4 aromatic rings. The van der Waals surface area contributed by atoms with E-state index in [4.69, 9.17) is 9.72 Å². The van der Waals surface area contributed by atoms with Gasteiger partial charge in [0.2, 0.25) is 0 Å². The number of ether oxygens (including phenoxy) is 1. The summed E-state index contributed by atoms with van der Waals surface area (Å²) in [5, 5.41) is 3.23. The number of aromatic nitrogens is 3. The second-order valence-corrected chi connectivity index (χ2v) is 8.32. The number of rotatable bonds is 4. The lowest BCUT2D eigenvalue weighted by Crippen LogP contribution is -2.38. The lowest BCUT2D eigenvalue weighted by molar-refractivity contribution is 0.0707. The number of likely N-dealkylation sites (tertiary alicyclic amines) is 1. The van der Waals surface area contributed by atoms with Crippen LogP contribution in [0.1, 0.15) is 34.3 Å². The highest BCUT2D eigenvalue weighted by molar-refractivity contribution is 7.10. The molecule has 1 aromatic carbocycles. The van der Waals surface area contributed by atoms with Crippen LogP contribution in [0.4, 0.5) is 0 Å². The van der Waals surface area contributed by atoms with E-state index in [1.807, 2.05) is 64.2 Å². The number of hydrogen-bond donors (Lipinski definition) is 0. The number of carbonyl (C=O) groups is 1. The van der Waals surface area contributed by atoms with E-state index in [9.17, 15) is 4.79 Å². The van der Waals surface area contributed by atoms with Crippen LogP contribution in [0, 0.1) is 0 Å². The smallest absolute Gasteiger partial charge is 0.274 e. The summed E-state index contributed by atoms with van der Waals surface area (Å²) in [6, 6.07) is 13.7. The number of fused-ring (bicyclic) bond motifs is 1. The molecule has 6 nitrogen and oxygen atoms in total. The third-order valence-electron chi connectivity index (χ3n) is 5.62. The quantitative estimate of drug-likeness (QED) is 0.490. The Morgan fingerprint density at radius 2 is 1.90 bits per heavy atom. The van der Waals surface area contributed by atoms with Crippen molar-refractivity contribution in [2.24, 2.45) is 0 Å². The van der Waals surface area contributed by atoms with Crippen molar-refractivity contribution >= 4 is 22.9 Å². The van der Waals surface area contributed by atoms with Crippen LogP contribution in [0.15, 0.2) is 60.2 Å². The van der Waals surface area contributed by atoms with Gasteiger partial charge in [0.15, 0.2) is 0 Å². The van der Waals surface area contributed by atoms with Crippen LogP contribution >= 0.6 is 11.3 Å². The van der Waals surface area contributed by atoms with Crippen molar-refractivity contribution in [2.45, 2.75) is 18.8 Å². The van der Waals surface area contributed by atoms with Crippen LogP contribution in [-0.4, -0.2) is 45.4 Å². The fraction of sp³-hybridized carbons (Fsp3) is 0.261. The first kappa shape index (κ1) is 18.8. The van der Waals surface area contributed by atoms with Gasteiger partial charge in [0, 0.05) is 42.3 Å². The minimum absolute atomic E-state index is 0.00556. The molecule has 1 fully saturated rings. The summed E-state index contributed by atoms with van der Waals surface area (Å²) in [4.78, 5) is 24.2. The van der Waals surface area contributed by atoms with E-state index in [1.165, 1.54) is 0 Å². The van der Waals surface area contributed by atoms with Crippen LogP contribution in [0.25, 0.3) is 16.9 Å². The van der Waals surface area contributed by atoms with E-state index in [0.29, 0.717) is 11.6 Å². The van der Waals surface area contributed by atoms with Crippen LogP contribution in [-0.2, 0) is 0 Å². The zero-order valence-corrected chi connectivity index (χ0v) is 17.5. The van der Waals surface area contributed by atoms with Gasteiger partial charge in [0.1, 0.15) is 17.1 Å². The molecule has 0 spiro atoms. The average Bonchev–Trinajstić information content (AvgIpc) is 3.46. The van der Waals surface area contributed by atoms with Crippen molar-refractivity contribution in [3.8, 4) is 17.0 Å². The number of para-hydroxylation sites is 1. The van der Waals surface area contributed by atoms with E-state index in [1.54, 1.807) is 18.4 Å². The topological polar surface area (TPSA) is 59.7 Å². The molecule has 3 aromatic heterocycles. The molecule has 152 valence electrons. The van der Waals surface area contributed by atoms with E-state index in [0.717, 1.165) is 53.6 Å². The average molecular weight is 419 g/mol. The van der Waals surface area contributed by atoms with Crippen LogP contribution in [0.5, 0.6) is 5.75 Å². The molecule has 0 unspecified atom stereocenters. The number of amides is 1. The van der Waals surface area contributed by atoms with Gasteiger partial charge in [-0.05, 0) is 37.1 Å². The first-order chi connectivity index (χ1) is 14.7. The molecule has 1 saturated heterocycles. The summed E-state index contributed by atoms with van der Waals surface area (Å²) in [7, 11) is 1.68. The standard InChI is InChI=1S/C23H22N4O2S/c1-29-20-7-3-2-6-17(20)19-15-30-22(25-19)16-9-12-26(13-10-16)23(28)18-14-27-11-5-4-8-21(27)24-18/h2-8,11,14-16H,9-10,12-13H2,1H3. The van der Waals surface area contributed by atoms with Crippen molar-refractivity contribution in [1.82, 2.24) is 19.3 Å². The molecule has 0 radical (unpaired) electrons. The maximum atomic E-state index is 12.9. The summed E-state index contributed by atoms with van der Waals surface area (Å²) in [5.41, 5.74) is 3.27. The van der Waals surface area contributed by atoms with Gasteiger partial charge in [0.25, 0.3) is 5.91 Å². The molecule has 5 rings (SSSR count). The number of nitrogens with zero attached hydrogens (tertiary/aromatic N) is 4. The minimum Gasteiger partial charge on any atom is -0.496 e. The zero-order valence-electron chi connectivity index (χ0n) is 16.7. The Kier molecular flexibility index (Phi) is 4.96. The molecule has 0 bridgehead atoms. The van der Waals surface area contributed by atoms with Gasteiger partial charge in [-0.15, -0.1) is 11.3 Å². The molecular formula is C23H22N4O2S. The maximum Gasteiger partial charge on any atom is 0.274 e. The number of carbonyl (C=O) groups excluding carboxylic acids is 1. The molecule has 0 N–H and O–H groups in total. The third kappa shape index (κ3) is 3.45. The van der Waals surface area contributed by atoms with Gasteiger partial charge < -0.3 is 14.0 Å². The van der Waals surface area contributed by atoms with E-state index in [2.05, 4.69) is 10.4 Å². The van der Waals surface area contributed by atoms with Crippen molar-refractivity contribution in [3.05, 3.63) is 70.9 Å². The number of thiazole rings is 1. The first-order valence-corrected chi connectivity index (χ1v) is 10.9. The third-order valence-corrected chi connectivity index (χ3v) is 6.63. The fourth-order valence-electron chi connectivity index (χ4n) is 3.98. The lowest BCUT2D eigenvalue weighted by atomic mass is 9.97. The Bertz CT molecular complexity index is 1160. The van der Waals surface area contributed by atoms with Crippen molar-refractivity contribution in [1.29, 1.82) is 0 Å². The molecule has 1 amide bonds. The summed E-state index contributed by atoms with van der Waals surface area (Å²) >= 11 is 1.69. The van der Waals surface area contributed by atoms with Crippen LogP contribution < -0.4 is 4.74 Å². The van der Waals surface area contributed by atoms with Crippen molar-refractivity contribution in [2.75, 3.05) is 20.2 Å². The van der Waals surface area contributed by atoms with Gasteiger partial charge >= 0.3 is 0 Å². The Hall–Kier alpha value is -3.19. The predicted molar refractivity (Wildman–Crippen MR) is 117 cm³/mol. The van der Waals surface area contributed by atoms with Crippen LogP contribution in [0.2, 0.25) is 0 Å². The number of benzene rings is 1. The highest BCUT2D eigenvalue weighted by Gasteiger charge is 2.27. The number of pyridine rings is 1. The number of methoxy groups -OCH3 is 1. The largest absolute Gasteiger partial charge is 0.496 e. The minimum atomic E-state index is 0.00556. The second-order valence-electron chi connectivity index (χ2n) is 7.43. The Morgan fingerprint density at radius 3 is 2.70 bits per heavy atom. The molecule has 0 atom stereocenters. The maximum absolute atomic E-state index is 12.9. The summed E-state index contributed by atoms with van der Waals surface area (Å²) in [5.74, 6) is 1.22. The molecule has 1 aliphatic rings. The van der Waals surface area contributed by atoms with Crippen molar-refractivity contribution < 1.29 is 9.53 Å². The first-order valence-electron chi connectivity index (χ1n) is 10.0.